The van der Waals surface area contributed by atoms with Gasteiger partial charge in [0.25, 0.3) is 5.91 Å². The molecule has 1 unspecified atom stereocenters. The van der Waals surface area contributed by atoms with Crippen LogP contribution in [0.1, 0.15) is 45.7 Å². The molecule has 5 nitrogen and oxygen atoms in total. The summed E-state index contributed by atoms with van der Waals surface area (Å²) in [7, 11) is 0. The van der Waals surface area contributed by atoms with E-state index in [0.717, 1.165) is 38.0 Å². The average molecular weight is 293 g/mol. The van der Waals surface area contributed by atoms with Crippen molar-refractivity contribution in [3.63, 3.8) is 0 Å². The zero-order chi connectivity index (χ0) is 15.5. The van der Waals surface area contributed by atoms with Gasteiger partial charge < -0.3 is 15.4 Å². The van der Waals surface area contributed by atoms with Crippen LogP contribution in [-0.4, -0.2) is 30.1 Å². The van der Waals surface area contributed by atoms with E-state index in [1.807, 2.05) is 12.1 Å². The van der Waals surface area contributed by atoms with Crippen molar-refractivity contribution in [2.24, 2.45) is 0 Å². The highest BCUT2D eigenvalue weighted by Gasteiger charge is 2.13. The number of aromatic nitrogens is 1. The molecule has 0 aliphatic heterocycles. The molecule has 118 valence electrons. The Kier molecular flexibility index (Phi) is 8.43. The molecule has 1 atom stereocenters. The molecule has 0 saturated carbocycles. The lowest BCUT2D eigenvalue weighted by Crippen LogP contribution is -2.36. The number of nitrogens with zero attached hydrogens (tertiary/aromatic N) is 1. The normalized spacial score (nSPS) is 12.0. The van der Waals surface area contributed by atoms with Gasteiger partial charge in [-0.1, -0.05) is 20.3 Å². The van der Waals surface area contributed by atoms with Crippen molar-refractivity contribution in [2.45, 2.75) is 52.7 Å². The van der Waals surface area contributed by atoms with Gasteiger partial charge in [-0.05, 0) is 38.4 Å². The number of ether oxygens (including phenoxy) is 1. The number of carbonyl (C=O) groups excluding carboxylic acids is 1. The fourth-order valence-electron chi connectivity index (χ4n) is 1.77. The van der Waals surface area contributed by atoms with E-state index in [2.05, 4.69) is 29.5 Å². The SMILES string of the molecule is CCCCNC(=O)C(C)Oc1ccc(CNCCC)nc1. The number of unbranched alkanes of at least 4 members (excludes halogenated alkanes) is 1. The summed E-state index contributed by atoms with van der Waals surface area (Å²) in [5, 5.41) is 6.15. The second kappa shape index (κ2) is 10.2. The van der Waals surface area contributed by atoms with Crippen molar-refractivity contribution < 1.29 is 9.53 Å². The first-order valence-electron chi connectivity index (χ1n) is 7.77. The van der Waals surface area contributed by atoms with Gasteiger partial charge in [0.2, 0.25) is 0 Å². The second-order valence-corrected chi connectivity index (χ2v) is 5.07. The molecule has 1 amide bonds. The number of pyridine rings is 1. The molecule has 2 N–H and O–H groups in total. The molecular formula is C16H27N3O2. The Labute approximate surface area is 127 Å². The van der Waals surface area contributed by atoms with Gasteiger partial charge in [-0.3, -0.25) is 9.78 Å². The molecule has 1 heterocycles. The molecule has 21 heavy (non-hydrogen) atoms. The van der Waals surface area contributed by atoms with Gasteiger partial charge in [0.1, 0.15) is 5.75 Å². The topological polar surface area (TPSA) is 63.2 Å². The number of rotatable bonds is 10. The van der Waals surface area contributed by atoms with E-state index in [4.69, 9.17) is 4.74 Å². The first kappa shape index (κ1) is 17.4. The van der Waals surface area contributed by atoms with Crippen molar-refractivity contribution >= 4 is 5.91 Å². The van der Waals surface area contributed by atoms with Crippen LogP contribution >= 0.6 is 0 Å². The lowest BCUT2D eigenvalue weighted by molar-refractivity contribution is -0.127. The molecule has 0 fully saturated rings. The monoisotopic (exact) mass is 293 g/mol. The van der Waals surface area contributed by atoms with Crippen LogP contribution < -0.4 is 15.4 Å². The second-order valence-electron chi connectivity index (χ2n) is 5.07. The maximum Gasteiger partial charge on any atom is 0.260 e. The number of nitrogens with one attached hydrogen (secondary N) is 2. The maximum atomic E-state index is 11.8. The lowest BCUT2D eigenvalue weighted by atomic mass is 10.3. The molecule has 1 aromatic heterocycles. The molecule has 0 spiro atoms. The van der Waals surface area contributed by atoms with Gasteiger partial charge in [0.05, 0.1) is 11.9 Å². The minimum absolute atomic E-state index is 0.0860. The molecule has 0 aromatic carbocycles. The van der Waals surface area contributed by atoms with Crippen LogP contribution in [0.3, 0.4) is 0 Å². The Morgan fingerprint density at radius 2 is 2.10 bits per heavy atom. The van der Waals surface area contributed by atoms with E-state index in [-0.39, 0.29) is 5.91 Å². The van der Waals surface area contributed by atoms with E-state index in [0.29, 0.717) is 12.3 Å². The van der Waals surface area contributed by atoms with Crippen LogP contribution in [-0.2, 0) is 11.3 Å². The summed E-state index contributed by atoms with van der Waals surface area (Å²) in [6.07, 6.45) is 4.31. The van der Waals surface area contributed by atoms with Crippen LogP contribution in [0, 0.1) is 0 Å². The fourth-order valence-corrected chi connectivity index (χ4v) is 1.77. The third-order valence-electron chi connectivity index (χ3n) is 3.04. The van der Waals surface area contributed by atoms with Gasteiger partial charge in [-0.15, -0.1) is 0 Å². The standard InChI is InChI=1S/C16H27N3O2/c1-4-6-10-18-16(20)13(3)21-15-8-7-14(19-12-15)11-17-9-5-2/h7-8,12-13,17H,4-6,9-11H2,1-3H3,(H,18,20). The first-order valence-corrected chi connectivity index (χ1v) is 7.77. The Balaban J connectivity index is 2.38. The van der Waals surface area contributed by atoms with Crippen molar-refractivity contribution in [1.29, 1.82) is 0 Å². The average Bonchev–Trinajstić information content (AvgIpc) is 2.49. The van der Waals surface area contributed by atoms with Gasteiger partial charge >= 0.3 is 0 Å². The number of hydrogen-bond acceptors (Lipinski definition) is 4. The van der Waals surface area contributed by atoms with Crippen LogP contribution in [0.25, 0.3) is 0 Å². The van der Waals surface area contributed by atoms with E-state index in [1.165, 1.54) is 0 Å². The molecule has 1 rings (SSSR count). The third kappa shape index (κ3) is 7.09. The highest BCUT2D eigenvalue weighted by Crippen LogP contribution is 2.11. The number of carbonyl (C=O) groups is 1. The molecule has 0 saturated heterocycles. The van der Waals surface area contributed by atoms with Gasteiger partial charge in [-0.2, -0.15) is 0 Å². The summed E-state index contributed by atoms with van der Waals surface area (Å²) in [6, 6.07) is 3.77. The highest BCUT2D eigenvalue weighted by atomic mass is 16.5. The largest absolute Gasteiger partial charge is 0.479 e. The Morgan fingerprint density at radius 3 is 2.71 bits per heavy atom. The Bertz CT molecular complexity index is 406. The summed E-state index contributed by atoms with van der Waals surface area (Å²) in [4.78, 5) is 16.1. The summed E-state index contributed by atoms with van der Waals surface area (Å²) in [6.45, 7) is 8.40. The maximum absolute atomic E-state index is 11.8. The number of amides is 1. The highest BCUT2D eigenvalue weighted by molar-refractivity contribution is 5.80. The van der Waals surface area contributed by atoms with Crippen molar-refractivity contribution in [2.75, 3.05) is 13.1 Å². The molecular weight excluding hydrogens is 266 g/mol. The summed E-state index contributed by atoms with van der Waals surface area (Å²) < 4.78 is 5.59. The summed E-state index contributed by atoms with van der Waals surface area (Å²) >= 11 is 0. The van der Waals surface area contributed by atoms with Gasteiger partial charge in [0, 0.05) is 13.1 Å². The lowest BCUT2D eigenvalue weighted by Gasteiger charge is -2.14. The van der Waals surface area contributed by atoms with Crippen LogP contribution in [0.15, 0.2) is 18.3 Å². The smallest absolute Gasteiger partial charge is 0.260 e. The molecule has 0 bridgehead atoms. The van der Waals surface area contributed by atoms with Crippen molar-refractivity contribution in [1.82, 2.24) is 15.6 Å². The van der Waals surface area contributed by atoms with Crippen molar-refractivity contribution in [3.8, 4) is 5.75 Å². The zero-order valence-electron chi connectivity index (χ0n) is 13.3. The van der Waals surface area contributed by atoms with Crippen molar-refractivity contribution in [3.05, 3.63) is 24.0 Å². The Hall–Kier alpha value is -1.62. The number of hydrogen-bond donors (Lipinski definition) is 2. The van der Waals surface area contributed by atoms with Crippen LogP contribution in [0.2, 0.25) is 0 Å². The third-order valence-corrected chi connectivity index (χ3v) is 3.04. The minimum Gasteiger partial charge on any atom is -0.479 e. The van der Waals surface area contributed by atoms with Gasteiger partial charge in [-0.25, -0.2) is 0 Å². The zero-order valence-corrected chi connectivity index (χ0v) is 13.3. The predicted molar refractivity (Wildman–Crippen MR) is 84.2 cm³/mol. The summed E-state index contributed by atoms with van der Waals surface area (Å²) in [5.41, 5.74) is 0.968. The van der Waals surface area contributed by atoms with Crippen LogP contribution in [0.4, 0.5) is 0 Å². The minimum atomic E-state index is -0.507. The molecule has 0 radical (unpaired) electrons. The quantitative estimate of drug-likeness (QED) is 0.650. The molecule has 5 heteroatoms. The summed E-state index contributed by atoms with van der Waals surface area (Å²) in [5.74, 6) is 0.532. The van der Waals surface area contributed by atoms with E-state index in [1.54, 1.807) is 13.1 Å². The Morgan fingerprint density at radius 1 is 1.29 bits per heavy atom. The molecule has 1 aromatic rings. The van der Waals surface area contributed by atoms with E-state index in [9.17, 15) is 4.79 Å². The first-order chi connectivity index (χ1) is 10.2. The predicted octanol–water partition coefficient (Wildman–Crippen LogP) is 2.26. The molecule has 0 aliphatic rings. The van der Waals surface area contributed by atoms with Gasteiger partial charge in [0.15, 0.2) is 6.10 Å². The van der Waals surface area contributed by atoms with E-state index >= 15 is 0 Å². The van der Waals surface area contributed by atoms with Crippen LogP contribution in [0.5, 0.6) is 5.75 Å². The fraction of sp³-hybridized carbons (Fsp3) is 0.625. The molecule has 0 aliphatic carbocycles. The van der Waals surface area contributed by atoms with E-state index < -0.39 is 6.10 Å².